The quantitative estimate of drug-likeness (QED) is 0.107. The number of hydrogen-bond acceptors (Lipinski definition) is 15. The Morgan fingerprint density at radius 3 is 2.73 bits per heavy atom. The van der Waals surface area contributed by atoms with Gasteiger partial charge in [0.05, 0.1) is 6.61 Å². The van der Waals surface area contributed by atoms with Gasteiger partial charge in [-0.15, -0.1) is 22.0 Å². The first-order valence-corrected chi connectivity index (χ1v) is 15.1. The summed E-state index contributed by atoms with van der Waals surface area (Å²) in [6.45, 7) is -0.236. The summed E-state index contributed by atoms with van der Waals surface area (Å²) in [6.07, 6.45) is 0. The number of nitrogens with two attached hydrogens (primary N) is 1. The molecule has 14 nitrogen and oxygen atoms in total. The largest absolute Gasteiger partial charge is 0.477 e. The van der Waals surface area contributed by atoms with Crippen LogP contribution in [0.3, 0.4) is 0 Å². The zero-order valence-electron chi connectivity index (χ0n) is 19.9. The third-order valence-electron chi connectivity index (χ3n) is 5.41. The second-order valence-corrected chi connectivity index (χ2v) is 12.6. The number of benzene rings is 1. The van der Waals surface area contributed by atoms with E-state index in [2.05, 4.69) is 30.0 Å². The molecule has 3 aromatic rings. The Morgan fingerprint density at radius 1 is 1.30 bits per heavy atom. The number of oxime groups is 1. The number of aliphatic carboxylic acids is 1. The highest BCUT2D eigenvalue weighted by Gasteiger charge is 2.54. The molecule has 2 amide bonds. The summed E-state index contributed by atoms with van der Waals surface area (Å²) in [5, 5.41) is 33.7. The van der Waals surface area contributed by atoms with Crippen LogP contribution < -0.4 is 15.9 Å². The molecule has 0 radical (unpaired) electrons. The van der Waals surface area contributed by atoms with Gasteiger partial charge in [0.2, 0.25) is 11.5 Å². The van der Waals surface area contributed by atoms with E-state index in [1.54, 1.807) is 24.3 Å². The van der Waals surface area contributed by atoms with Crippen molar-refractivity contribution in [3.8, 4) is 5.75 Å². The molecule has 2 aliphatic heterocycles. The minimum absolute atomic E-state index is 0.0958. The SMILES string of the molecule is Nc1nc(/C(=N/Oc2ccc(Cl)cc2)C(=O)NC2C(=O)N3C(C(=O)O)=C(CSc4nnc(CO)s4)CS[C@H]23)ns1. The van der Waals surface area contributed by atoms with E-state index in [1.165, 1.54) is 34.9 Å². The number of hydrogen-bond donors (Lipinski definition) is 4. The van der Waals surface area contributed by atoms with E-state index in [1.807, 2.05) is 0 Å². The van der Waals surface area contributed by atoms with Crippen molar-refractivity contribution >= 4 is 86.6 Å². The van der Waals surface area contributed by atoms with Crippen LogP contribution in [-0.2, 0) is 21.0 Å². The van der Waals surface area contributed by atoms with Gasteiger partial charge in [-0.1, -0.05) is 39.9 Å². The maximum Gasteiger partial charge on any atom is 0.352 e. The Hall–Kier alpha value is -3.29. The molecule has 40 heavy (non-hydrogen) atoms. The van der Waals surface area contributed by atoms with Gasteiger partial charge in [0.1, 0.15) is 22.1 Å². The average molecular weight is 641 g/mol. The van der Waals surface area contributed by atoms with Crippen molar-refractivity contribution in [2.24, 2.45) is 5.16 Å². The fourth-order valence-electron chi connectivity index (χ4n) is 3.62. The van der Waals surface area contributed by atoms with Crippen molar-refractivity contribution in [3.05, 3.63) is 51.4 Å². The molecule has 2 atom stereocenters. The van der Waals surface area contributed by atoms with Crippen LogP contribution in [-0.4, -0.2) is 81.1 Å². The Balaban J connectivity index is 1.31. The normalized spacial score (nSPS) is 18.8. The summed E-state index contributed by atoms with van der Waals surface area (Å²) in [7, 11) is 0. The standard InChI is InChI=1S/C21H17ClN8O6S4/c22-9-1-3-10(4-2-9)36-28-12(15-25-20(23)40-29-15)16(32)24-13-17(33)30-14(19(34)35)8(6-37-18(13)30)7-38-21-27-26-11(5-31)39-21/h1-4,13,18,31H,5-7H2,(H,24,32)(H,34,35)(H2,23,25,29)/b28-12-/t13?,18-/m1/s1. The summed E-state index contributed by atoms with van der Waals surface area (Å²) in [5.74, 6) is -1.89. The van der Waals surface area contributed by atoms with Gasteiger partial charge in [0, 0.05) is 28.1 Å². The van der Waals surface area contributed by atoms with Crippen LogP contribution in [0.5, 0.6) is 5.75 Å². The van der Waals surface area contributed by atoms with Crippen LogP contribution in [0, 0.1) is 0 Å². The van der Waals surface area contributed by atoms with E-state index in [0.29, 0.717) is 25.7 Å². The van der Waals surface area contributed by atoms with Crippen molar-refractivity contribution in [1.82, 2.24) is 29.8 Å². The second kappa shape index (κ2) is 12.1. The number of carbonyl (C=O) groups is 3. The number of nitrogens with zero attached hydrogens (tertiary/aromatic N) is 6. The lowest BCUT2D eigenvalue weighted by Crippen LogP contribution is -2.71. The Morgan fingerprint density at radius 2 is 2.08 bits per heavy atom. The number of carbonyl (C=O) groups excluding carboxylic acids is 2. The predicted molar refractivity (Wildman–Crippen MR) is 149 cm³/mol. The number of aromatic nitrogens is 4. The Bertz CT molecular complexity index is 1530. The number of halogens is 1. The van der Waals surface area contributed by atoms with Crippen LogP contribution >= 0.6 is 58.0 Å². The van der Waals surface area contributed by atoms with Crippen molar-refractivity contribution in [2.45, 2.75) is 22.4 Å². The molecule has 1 fully saturated rings. The van der Waals surface area contributed by atoms with E-state index < -0.39 is 29.2 Å². The van der Waals surface area contributed by atoms with Gasteiger partial charge >= 0.3 is 5.97 Å². The van der Waals surface area contributed by atoms with E-state index >= 15 is 0 Å². The van der Waals surface area contributed by atoms with Gasteiger partial charge < -0.3 is 26.1 Å². The third kappa shape index (κ3) is 5.91. The fraction of sp³-hybridized carbons (Fsp3) is 0.238. The molecule has 2 aromatic heterocycles. The molecule has 1 saturated heterocycles. The van der Waals surface area contributed by atoms with Crippen LogP contribution in [0.2, 0.25) is 5.02 Å². The number of aliphatic hydroxyl groups is 1. The molecular weight excluding hydrogens is 624 g/mol. The number of β-lactam (4-membered cyclic amide) rings is 1. The van der Waals surface area contributed by atoms with E-state index in [4.69, 9.17) is 27.3 Å². The van der Waals surface area contributed by atoms with Gasteiger partial charge in [0.25, 0.3) is 11.8 Å². The minimum Gasteiger partial charge on any atom is -0.477 e. The van der Waals surface area contributed by atoms with Crippen LogP contribution in [0.1, 0.15) is 10.8 Å². The van der Waals surface area contributed by atoms with Crippen LogP contribution in [0.25, 0.3) is 0 Å². The molecule has 5 N–H and O–H groups in total. The molecule has 2 aliphatic rings. The highest BCUT2D eigenvalue weighted by Crippen LogP contribution is 2.41. The molecule has 1 unspecified atom stereocenters. The first-order valence-electron chi connectivity index (χ1n) is 11.1. The lowest BCUT2D eigenvalue weighted by Gasteiger charge is -2.49. The smallest absolute Gasteiger partial charge is 0.352 e. The van der Waals surface area contributed by atoms with Gasteiger partial charge in [-0.2, -0.15) is 9.36 Å². The zero-order chi connectivity index (χ0) is 28.4. The van der Waals surface area contributed by atoms with Crippen molar-refractivity contribution in [2.75, 3.05) is 17.2 Å². The van der Waals surface area contributed by atoms with Gasteiger partial charge in [-0.05, 0) is 29.8 Å². The highest BCUT2D eigenvalue weighted by molar-refractivity contribution is 8.01. The monoisotopic (exact) mass is 640 g/mol. The minimum atomic E-state index is -1.26. The molecule has 0 saturated carbocycles. The molecule has 19 heteroatoms. The Kier molecular flexibility index (Phi) is 8.52. The van der Waals surface area contributed by atoms with Gasteiger partial charge in [0.15, 0.2) is 15.2 Å². The lowest BCUT2D eigenvalue weighted by molar-refractivity contribution is -0.150. The fourth-order valence-corrected chi connectivity index (χ4v) is 7.42. The molecule has 0 bridgehead atoms. The van der Waals surface area contributed by atoms with E-state index in [9.17, 15) is 19.5 Å². The number of rotatable bonds is 10. The number of amides is 2. The summed E-state index contributed by atoms with van der Waals surface area (Å²) in [5.41, 5.74) is 5.75. The average Bonchev–Trinajstić information content (AvgIpc) is 3.59. The maximum absolute atomic E-state index is 13.2. The number of anilines is 1. The second-order valence-electron chi connectivity index (χ2n) is 7.97. The van der Waals surface area contributed by atoms with E-state index in [0.717, 1.165) is 16.4 Å². The van der Waals surface area contributed by atoms with E-state index in [-0.39, 0.29) is 40.5 Å². The molecule has 1 aromatic carbocycles. The first-order chi connectivity index (χ1) is 19.2. The number of carboxylic acid groups (broad SMARTS) is 1. The molecular formula is C21H17ClN8O6S4. The third-order valence-corrected chi connectivity index (χ3v) is 9.68. The Labute approximate surface area is 246 Å². The summed E-state index contributed by atoms with van der Waals surface area (Å²) < 4.78 is 4.58. The summed E-state index contributed by atoms with van der Waals surface area (Å²) >= 11 is 10.5. The van der Waals surface area contributed by atoms with Gasteiger partial charge in [-0.3, -0.25) is 14.5 Å². The molecule has 0 spiro atoms. The zero-order valence-corrected chi connectivity index (χ0v) is 23.9. The van der Waals surface area contributed by atoms with Crippen molar-refractivity contribution in [3.63, 3.8) is 0 Å². The maximum atomic E-state index is 13.2. The number of nitrogens with one attached hydrogen (secondary N) is 1. The molecule has 208 valence electrons. The number of fused-ring (bicyclic) bond motifs is 1. The highest BCUT2D eigenvalue weighted by atomic mass is 35.5. The summed E-state index contributed by atoms with van der Waals surface area (Å²) in [4.78, 5) is 49.0. The van der Waals surface area contributed by atoms with Crippen LogP contribution in [0.4, 0.5) is 5.13 Å². The summed E-state index contributed by atoms with van der Waals surface area (Å²) in [6, 6.07) is 5.22. The molecule has 5 rings (SSSR count). The first kappa shape index (κ1) is 28.2. The topological polar surface area (TPSA) is 206 Å². The molecule has 0 aliphatic carbocycles. The predicted octanol–water partition coefficient (Wildman–Crippen LogP) is 1.43. The lowest BCUT2D eigenvalue weighted by atomic mass is 10.0. The molecule has 4 heterocycles. The number of carboxylic acids is 1. The van der Waals surface area contributed by atoms with Crippen molar-refractivity contribution < 1.29 is 29.4 Å². The van der Waals surface area contributed by atoms with Crippen LogP contribution in [0.15, 0.2) is 45.0 Å². The van der Waals surface area contributed by atoms with Gasteiger partial charge in [-0.25, -0.2) is 4.79 Å². The number of aliphatic hydroxyl groups excluding tert-OH is 1. The van der Waals surface area contributed by atoms with Crippen molar-refractivity contribution in [1.29, 1.82) is 0 Å². The number of thioether (sulfide) groups is 2. The number of nitrogen functional groups attached to an aromatic ring is 1.